The van der Waals surface area contributed by atoms with Gasteiger partial charge in [0.15, 0.2) is 0 Å². The molecule has 1 unspecified atom stereocenters. The van der Waals surface area contributed by atoms with Gasteiger partial charge in [0.25, 0.3) is 5.91 Å². The molecule has 1 aromatic rings. The highest BCUT2D eigenvalue weighted by molar-refractivity contribution is 9.09. The van der Waals surface area contributed by atoms with E-state index >= 15 is 0 Å². The molecule has 4 heteroatoms. The number of nitrogens with zero attached hydrogens (tertiary/aromatic N) is 1. The highest BCUT2D eigenvalue weighted by Crippen LogP contribution is 2.26. The molecular formula is C13H15BrClNO. The highest BCUT2D eigenvalue weighted by atomic mass is 79.9. The quantitative estimate of drug-likeness (QED) is 0.763. The van der Waals surface area contributed by atoms with Gasteiger partial charge in [-0.2, -0.15) is 0 Å². The van der Waals surface area contributed by atoms with Gasteiger partial charge in [-0.25, -0.2) is 0 Å². The van der Waals surface area contributed by atoms with E-state index in [0.29, 0.717) is 16.6 Å². The Kier molecular flexibility index (Phi) is 4.10. The number of halogens is 2. The summed E-state index contributed by atoms with van der Waals surface area (Å²) in [4.78, 5) is 14.3. The van der Waals surface area contributed by atoms with E-state index in [1.54, 1.807) is 6.07 Å². The molecule has 2 nitrogen and oxygen atoms in total. The summed E-state index contributed by atoms with van der Waals surface area (Å²) in [7, 11) is 0. The molecule has 1 atom stereocenters. The smallest absolute Gasteiger partial charge is 0.255 e. The van der Waals surface area contributed by atoms with Gasteiger partial charge in [0.2, 0.25) is 0 Å². The molecule has 0 bridgehead atoms. The summed E-state index contributed by atoms with van der Waals surface area (Å²) >= 11 is 9.66. The standard InChI is InChI=1S/C13H15BrClNO/c1-9-4-2-6-11(12(9)15)13(17)16-7-3-5-10(16)8-14/h2,4,6,10H,3,5,7-8H2,1H3. The second-order valence-electron chi connectivity index (χ2n) is 4.39. The molecule has 1 heterocycles. The van der Waals surface area contributed by atoms with Crippen LogP contribution in [0.15, 0.2) is 18.2 Å². The van der Waals surface area contributed by atoms with E-state index in [2.05, 4.69) is 15.9 Å². The van der Waals surface area contributed by atoms with Crippen molar-refractivity contribution in [1.29, 1.82) is 0 Å². The monoisotopic (exact) mass is 315 g/mol. The predicted molar refractivity (Wildman–Crippen MR) is 74.0 cm³/mol. The SMILES string of the molecule is Cc1cccc(C(=O)N2CCCC2CBr)c1Cl. The first-order valence-corrected chi connectivity index (χ1v) is 7.27. The van der Waals surface area contributed by atoms with E-state index < -0.39 is 0 Å². The van der Waals surface area contributed by atoms with Crippen molar-refractivity contribution in [2.75, 3.05) is 11.9 Å². The molecule has 1 aliphatic rings. The second kappa shape index (κ2) is 5.40. The number of carbonyl (C=O) groups excluding carboxylic acids is 1. The van der Waals surface area contributed by atoms with Crippen molar-refractivity contribution in [1.82, 2.24) is 4.90 Å². The lowest BCUT2D eigenvalue weighted by molar-refractivity contribution is 0.0750. The predicted octanol–water partition coefficient (Wildman–Crippen LogP) is 3.65. The molecule has 1 saturated heterocycles. The van der Waals surface area contributed by atoms with Crippen molar-refractivity contribution < 1.29 is 4.79 Å². The Morgan fingerprint density at radius 3 is 3.06 bits per heavy atom. The second-order valence-corrected chi connectivity index (χ2v) is 5.41. The number of aryl methyl sites for hydroxylation is 1. The van der Waals surface area contributed by atoms with E-state index in [0.717, 1.165) is 30.3 Å². The summed E-state index contributed by atoms with van der Waals surface area (Å²) in [5.74, 6) is 0.0562. The minimum Gasteiger partial charge on any atom is -0.335 e. The number of hydrogen-bond donors (Lipinski definition) is 0. The van der Waals surface area contributed by atoms with Crippen LogP contribution in [0, 0.1) is 6.92 Å². The van der Waals surface area contributed by atoms with Crippen molar-refractivity contribution in [2.45, 2.75) is 25.8 Å². The number of hydrogen-bond acceptors (Lipinski definition) is 1. The van der Waals surface area contributed by atoms with Crippen LogP contribution in [-0.2, 0) is 0 Å². The zero-order valence-electron chi connectivity index (χ0n) is 9.75. The summed E-state index contributed by atoms with van der Waals surface area (Å²) in [5.41, 5.74) is 1.58. The molecule has 2 rings (SSSR count). The Labute approximate surface area is 115 Å². The largest absolute Gasteiger partial charge is 0.335 e. The van der Waals surface area contributed by atoms with Crippen LogP contribution >= 0.6 is 27.5 Å². The first kappa shape index (κ1) is 12.9. The van der Waals surface area contributed by atoms with E-state index in [-0.39, 0.29) is 5.91 Å². The summed E-state index contributed by atoms with van der Waals surface area (Å²) in [6.07, 6.45) is 2.14. The van der Waals surface area contributed by atoms with Gasteiger partial charge in [-0.15, -0.1) is 0 Å². The maximum Gasteiger partial charge on any atom is 0.255 e. The number of carbonyl (C=O) groups is 1. The average Bonchev–Trinajstić information content (AvgIpc) is 2.80. The van der Waals surface area contributed by atoms with Crippen LogP contribution in [0.1, 0.15) is 28.8 Å². The Bertz CT molecular complexity index is 435. The highest BCUT2D eigenvalue weighted by Gasteiger charge is 2.29. The summed E-state index contributed by atoms with van der Waals surface area (Å²) < 4.78 is 0. The van der Waals surface area contributed by atoms with Crippen LogP contribution in [-0.4, -0.2) is 28.7 Å². The zero-order chi connectivity index (χ0) is 12.4. The average molecular weight is 317 g/mol. The van der Waals surface area contributed by atoms with Crippen molar-refractivity contribution >= 4 is 33.4 Å². The lowest BCUT2D eigenvalue weighted by Gasteiger charge is -2.23. The van der Waals surface area contributed by atoms with Crippen LogP contribution in [0.3, 0.4) is 0 Å². The van der Waals surface area contributed by atoms with Crippen LogP contribution in [0.4, 0.5) is 0 Å². The number of benzene rings is 1. The Morgan fingerprint density at radius 2 is 2.35 bits per heavy atom. The van der Waals surface area contributed by atoms with E-state index in [4.69, 9.17) is 11.6 Å². The lowest BCUT2D eigenvalue weighted by Crippen LogP contribution is -2.36. The van der Waals surface area contributed by atoms with Crippen LogP contribution in [0.5, 0.6) is 0 Å². The first-order chi connectivity index (χ1) is 8.15. The van der Waals surface area contributed by atoms with E-state index in [1.165, 1.54) is 0 Å². The molecule has 0 spiro atoms. The molecule has 17 heavy (non-hydrogen) atoms. The fraction of sp³-hybridized carbons (Fsp3) is 0.462. The minimum atomic E-state index is 0.0562. The molecule has 1 aromatic carbocycles. The molecule has 0 saturated carbocycles. The van der Waals surface area contributed by atoms with E-state index in [1.807, 2.05) is 24.0 Å². The number of alkyl halides is 1. The Morgan fingerprint density at radius 1 is 1.59 bits per heavy atom. The first-order valence-electron chi connectivity index (χ1n) is 5.77. The van der Waals surface area contributed by atoms with Gasteiger partial charge in [-0.3, -0.25) is 4.79 Å². The van der Waals surface area contributed by atoms with Crippen molar-refractivity contribution in [3.8, 4) is 0 Å². The zero-order valence-corrected chi connectivity index (χ0v) is 12.1. The summed E-state index contributed by atoms with van der Waals surface area (Å²) in [6.45, 7) is 2.75. The minimum absolute atomic E-state index is 0.0562. The number of rotatable bonds is 2. The third-order valence-corrected chi connectivity index (χ3v) is 4.49. The van der Waals surface area contributed by atoms with Crippen LogP contribution in [0.2, 0.25) is 5.02 Å². The Hall–Kier alpha value is -0.540. The normalized spacial score (nSPS) is 19.7. The number of likely N-dealkylation sites (tertiary alicyclic amines) is 1. The molecule has 1 fully saturated rings. The van der Waals surface area contributed by atoms with Crippen molar-refractivity contribution in [3.05, 3.63) is 34.3 Å². The molecular weight excluding hydrogens is 302 g/mol. The topological polar surface area (TPSA) is 20.3 Å². The van der Waals surface area contributed by atoms with Gasteiger partial charge in [-0.05, 0) is 31.4 Å². The summed E-state index contributed by atoms with van der Waals surface area (Å²) in [5, 5.41) is 1.42. The van der Waals surface area contributed by atoms with Gasteiger partial charge in [0.05, 0.1) is 10.6 Å². The molecule has 1 amide bonds. The van der Waals surface area contributed by atoms with Crippen molar-refractivity contribution in [3.63, 3.8) is 0 Å². The number of amides is 1. The third kappa shape index (κ3) is 2.50. The van der Waals surface area contributed by atoms with Crippen molar-refractivity contribution in [2.24, 2.45) is 0 Å². The van der Waals surface area contributed by atoms with Gasteiger partial charge in [-0.1, -0.05) is 39.7 Å². The van der Waals surface area contributed by atoms with Gasteiger partial charge >= 0.3 is 0 Å². The summed E-state index contributed by atoms with van der Waals surface area (Å²) in [6, 6.07) is 5.92. The lowest BCUT2D eigenvalue weighted by atomic mass is 10.1. The fourth-order valence-electron chi connectivity index (χ4n) is 2.23. The van der Waals surface area contributed by atoms with Gasteiger partial charge in [0.1, 0.15) is 0 Å². The molecule has 0 N–H and O–H groups in total. The van der Waals surface area contributed by atoms with Gasteiger partial charge < -0.3 is 4.90 Å². The molecule has 0 aromatic heterocycles. The van der Waals surface area contributed by atoms with Gasteiger partial charge in [0, 0.05) is 17.9 Å². The maximum atomic E-state index is 12.4. The Balaban J connectivity index is 2.28. The molecule has 0 radical (unpaired) electrons. The molecule has 0 aliphatic carbocycles. The third-order valence-electron chi connectivity index (χ3n) is 3.24. The van der Waals surface area contributed by atoms with Crippen LogP contribution in [0.25, 0.3) is 0 Å². The molecule has 1 aliphatic heterocycles. The maximum absolute atomic E-state index is 12.4. The molecule has 92 valence electrons. The fourth-order valence-corrected chi connectivity index (χ4v) is 3.11. The van der Waals surface area contributed by atoms with E-state index in [9.17, 15) is 4.79 Å². The van der Waals surface area contributed by atoms with Crippen LogP contribution < -0.4 is 0 Å².